The quantitative estimate of drug-likeness (QED) is 0.132. The molecule has 1 aliphatic rings. The summed E-state index contributed by atoms with van der Waals surface area (Å²) in [5.41, 5.74) is 3.63. The Labute approximate surface area is 236 Å². The lowest BCUT2D eigenvalue weighted by molar-refractivity contribution is -0.116. The van der Waals surface area contributed by atoms with Crippen molar-refractivity contribution in [3.8, 4) is 0 Å². The number of nitrogens with zero attached hydrogens (tertiary/aromatic N) is 3. The van der Waals surface area contributed by atoms with Gasteiger partial charge in [-0.1, -0.05) is 118 Å². The number of hydrogen-bond acceptors (Lipinski definition) is 3. The zero-order chi connectivity index (χ0) is 28.0. The first kappa shape index (κ1) is 27.1. The van der Waals surface area contributed by atoms with Gasteiger partial charge in [0.2, 0.25) is 0 Å². The average molecular weight is 533 g/mol. The molecule has 3 aromatic carbocycles. The number of benzene rings is 3. The summed E-state index contributed by atoms with van der Waals surface area (Å²) in [6.07, 6.45) is 8.32. The molecule has 0 atom stereocenters. The third-order valence-corrected chi connectivity index (χ3v) is 7.50. The van der Waals surface area contributed by atoms with Gasteiger partial charge in [-0.15, -0.1) is 0 Å². The zero-order valence-corrected chi connectivity index (χ0v) is 23.2. The molecule has 0 saturated carbocycles. The predicted octanol–water partition coefficient (Wildman–Crippen LogP) is 6.76. The molecule has 6 heteroatoms. The number of rotatable bonds is 11. The Balaban J connectivity index is 1.77. The molecule has 5 rings (SSSR count). The molecule has 0 spiro atoms. The lowest BCUT2D eigenvalue weighted by Gasteiger charge is -2.38. The normalized spacial score (nSPS) is 14.7. The Morgan fingerprint density at radius 3 is 1.80 bits per heavy atom. The summed E-state index contributed by atoms with van der Waals surface area (Å²) >= 11 is 0. The van der Waals surface area contributed by atoms with Crippen LogP contribution in [0.2, 0.25) is 0 Å². The van der Waals surface area contributed by atoms with Gasteiger partial charge in [0.05, 0.1) is 5.69 Å². The summed E-state index contributed by atoms with van der Waals surface area (Å²) in [5.74, 6) is 0.543. The van der Waals surface area contributed by atoms with Crippen LogP contribution in [-0.4, -0.2) is 32.9 Å². The molecule has 40 heavy (non-hydrogen) atoms. The second-order valence-corrected chi connectivity index (χ2v) is 10.2. The highest BCUT2D eigenvalue weighted by atomic mass is 16.2. The summed E-state index contributed by atoms with van der Waals surface area (Å²) in [6, 6.07) is 31.1. The molecule has 0 bridgehead atoms. The fourth-order valence-electron chi connectivity index (χ4n) is 5.55. The van der Waals surface area contributed by atoms with Gasteiger partial charge in [0.15, 0.2) is 0 Å². The Hall–Kier alpha value is -4.45. The molecule has 6 nitrogen and oxygen atoms in total. The molecule has 2 heterocycles. The smallest absolute Gasteiger partial charge is 0.316 e. The van der Waals surface area contributed by atoms with E-state index < -0.39 is 5.54 Å². The summed E-state index contributed by atoms with van der Waals surface area (Å²) in [7, 11) is 0. The molecule has 204 valence electrons. The summed E-state index contributed by atoms with van der Waals surface area (Å²) < 4.78 is 2.28. The highest BCUT2D eigenvalue weighted by Crippen LogP contribution is 2.42. The number of imide groups is 1. The van der Waals surface area contributed by atoms with Crippen molar-refractivity contribution < 1.29 is 9.59 Å². The Kier molecular flexibility index (Phi) is 8.25. The van der Waals surface area contributed by atoms with E-state index in [1.807, 2.05) is 24.4 Å². The van der Waals surface area contributed by atoms with Gasteiger partial charge >= 0.3 is 6.03 Å². The molecule has 1 aromatic heterocycles. The van der Waals surface area contributed by atoms with Crippen molar-refractivity contribution in [3.63, 3.8) is 0 Å². The maximum absolute atomic E-state index is 12.8. The van der Waals surface area contributed by atoms with Gasteiger partial charge < -0.3 is 4.57 Å². The number of hydrogen-bond donors (Lipinski definition) is 1. The number of carbonyl (C=O) groups excluding carboxylic acids is 2. The molecule has 0 unspecified atom stereocenters. The van der Waals surface area contributed by atoms with E-state index in [1.54, 1.807) is 6.08 Å². The molecule has 1 aliphatic heterocycles. The topological polar surface area (TPSA) is 67.2 Å². The molecular formula is C34H36N4O2. The van der Waals surface area contributed by atoms with Crippen molar-refractivity contribution in [2.75, 3.05) is 6.54 Å². The van der Waals surface area contributed by atoms with Crippen LogP contribution >= 0.6 is 0 Å². The first-order valence-corrected chi connectivity index (χ1v) is 14.2. The van der Waals surface area contributed by atoms with Gasteiger partial charge in [-0.2, -0.15) is 0 Å². The molecular weight excluding hydrogens is 496 g/mol. The molecule has 3 amide bonds. The molecule has 1 fully saturated rings. The minimum Gasteiger partial charge on any atom is -0.316 e. The van der Waals surface area contributed by atoms with Crippen LogP contribution in [0, 0.1) is 0 Å². The third-order valence-electron chi connectivity index (χ3n) is 7.50. The average Bonchev–Trinajstić information content (AvgIpc) is 3.52. The van der Waals surface area contributed by atoms with Gasteiger partial charge in [0, 0.05) is 19.2 Å². The van der Waals surface area contributed by atoms with Crippen molar-refractivity contribution in [1.29, 1.82) is 0 Å². The maximum Gasteiger partial charge on any atom is 0.329 e. The van der Waals surface area contributed by atoms with Crippen molar-refractivity contribution in [2.45, 2.75) is 51.5 Å². The monoisotopic (exact) mass is 532 g/mol. The van der Waals surface area contributed by atoms with Gasteiger partial charge in [0.25, 0.3) is 5.91 Å². The van der Waals surface area contributed by atoms with Crippen LogP contribution in [0.3, 0.4) is 0 Å². The number of aromatic nitrogens is 2. The fraction of sp³-hybridized carbons (Fsp3) is 0.265. The van der Waals surface area contributed by atoms with E-state index in [0.717, 1.165) is 54.6 Å². The third kappa shape index (κ3) is 5.09. The van der Waals surface area contributed by atoms with Crippen LogP contribution in [0.15, 0.2) is 103 Å². The van der Waals surface area contributed by atoms with E-state index in [-0.39, 0.29) is 11.9 Å². The van der Waals surface area contributed by atoms with Crippen molar-refractivity contribution in [2.24, 2.45) is 0 Å². The molecule has 1 N–H and O–H groups in total. The number of carbonyl (C=O) groups is 2. The molecule has 1 saturated heterocycles. The number of amides is 3. The number of urea groups is 1. The van der Waals surface area contributed by atoms with Crippen LogP contribution in [0.1, 0.15) is 67.7 Å². The van der Waals surface area contributed by atoms with Gasteiger partial charge in [-0.3, -0.25) is 15.0 Å². The van der Waals surface area contributed by atoms with E-state index in [2.05, 4.69) is 96.5 Å². The molecule has 0 aliphatic carbocycles. The van der Waals surface area contributed by atoms with E-state index in [4.69, 9.17) is 4.98 Å². The van der Waals surface area contributed by atoms with Crippen molar-refractivity contribution >= 4 is 18.0 Å². The lowest BCUT2D eigenvalue weighted by atomic mass is 9.76. The summed E-state index contributed by atoms with van der Waals surface area (Å²) in [5, 5.41) is 2.45. The zero-order valence-electron chi connectivity index (χ0n) is 23.2. The lowest BCUT2D eigenvalue weighted by Crippen LogP contribution is -2.38. The molecule has 0 radical (unpaired) electrons. The largest absolute Gasteiger partial charge is 0.329 e. The number of nitrogens with one attached hydrogen (secondary N) is 1. The Bertz CT molecular complexity index is 1380. The van der Waals surface area contributed by atoms with Gasteiger partial charge in [0.1, 0.15) is 17.1 Å². The predicted molar refractivity (Wildman–Crippen MR) is 159 cm³/mol. The first-order valence-electron chi connectivity index (χ1n) is 14.2. The van der Waals surface area contributed by atoms with Gasteiger partial charge in [-0.25, -0.2) is 9.78 Å². The first-order chi connectivity index (χ1) is 19.6. The summed E-state index contributed by atoms with van der Waals surface area (Å²) in [4.78, 5) is 32.0. The van der Waals surface area contributed by atoms with E-state index in [0.29, 0.717) is 17.9 Å². The highest BCUT2D eigenvalue weighted by molar-refractivity contribution is 6.13. The standard InChI is InChI=1S/C34H36N4O2/c1-3-5-22-31-35-29(24-30-32(39)36-33(40)37(30)23-6-4-2)25-38(31)34(26-16-10-7-11-17-26,27-18-12-8-13-19-27)28-20-14-9-15-21-28/h7-21,24-25H,3-6,22-23H2,1-2H3,(H,36,39,40)/b30-24+. The molecule has 4 aromatic rings. The number of imidazole rings is 1. The minimum absolute atomic E-state index is 0.342. The van der Waals surface area contributed by atoms with E-state index in [9.17, 15) is 9.59 Å². The van der Waals surface area contributed by atoms with Crippen molar-refractivity contribution in [3.05, 3.63) is 131 Å². The second-order valence-electron chi connectivity index (χ2n) is 10.2. The van der Waals surface area contributed by atoms with Crippen LogP contribution < -0.4 is 5.32 Å². The van der Waals surface area contributed by atoms with E-state index in [1.165, 1.54) is 4.90 Å². The SMILES string of the molecule is CCCCc1nc(/C=C2\C(=O)NC(=O)N2CCCC)cn1C(c1ccccc1)(c1ccccc1)c1ccccc1. The maximum atomic E-state index is 12.8. The fourth-order valence-corrected chi connectivity index (χ4v) is 5.55. The van der Waals surface area contributed by atoms with Crippen LogP contribution in [0.4, 0.5) is 4.79 Å². The van der Waals surface area contributed by atoms with Crippen molar-refractivity contribution in [1.82, 2.24) is 19.8 Å². The Morgan fingerprint density at radius 1 is 0.775 bits per heavy atom. The highest BCUT2D eigenvalue weighted by Gasteiger charge is 2.40. The Morgan fingerprint density at radius 2 is 1.30 bits per heavy atom. The van der Waals surface area contributed by atoms with Crippen LogP contribution in [0.25, 0.3) is 6.08 Å². The summed E-state index contributed by atoms with van der Waals surface area (Å²) in [6.45, 7) is 4.73. The number of unbranched alkanes of at least 4 members (excludes halogenated alkanes) is 2. The van der Waals surface area contributed by atoms with E-state index >= 15 is 0 Å². The van der Waals surface area contributed by atoms with Crippen LogP contribution in [0.5, 0.6) is 0 Å². The van der Waals surface area contributed by atoms with Crippen LogP contribution in [-0.2, 0) is 16.8 Å². The number of aryl methyl sites for hydroxylation is 1. The minimum atomic E-state index is -0.702. The van der Waals surface area contributed by atoms with Gasteiger partial charge in [-0.05, 0) is 35.6 Å². The second kappa shape index (κ2) is 12.2.